The Morgan fingerprint density at radius 2 is 2.07 bits per heavy atom. The number of nitrogens with zero attached hydrogens (tertiary/aromatic N) is 3. The predicted octanol–water partition coefficient (Wildman–Crippen LogP) is 3.45. The molecule has 1 saturated heterocycles. The van der Waals surface area contributed by atoms with Crippen molar-refractivity contribution in [3.05, 3.63) is 47.1 Å². The molecule has 28 heavy (non-hydrogen) atoms. The topological polar surface area (TPSA) is 68.5 Å². The van der Waals surface area contributed by atoms with Crippen LogP contribution in [-0.4, -0.2) is 40.7 Å². The van der Waals surface area contributed by atoms with Gasteiger partial charge in [-0.1, -0.05) is 23.4 Å². The third-order valence-corrected chi connectivity index (χ3v) is 4.69. The summed E-state index contributed by atoms with van der Waals surface area (Å²) in [6, 6.07) is 5.10. The van der Waals surface area contributed by atoms with E-state index in [4.69, 9.17) is 9.26 Å². The summed E-state index contributed by atoms with van der Waals surface area (Å²) in [6.45, 7) is 4.06. The molecule has 0 saturated carbocycles. The van der Waals surface area contributed by atoms with Gasteiger partial charge in [-0.25, -0.2) is 0 Å². The molecule has 9 heteroatoms. The Morgan fingerprint density at radius 3 is 2.75 bits per heavy atom. The van der Waals surface area contributed by atoms with Crippen LogP contribution < -0.4 is 0 Å². The zero-order chi connectivity index (χ0) is 20.1. The van der Waals surface area contributed by atoms with Gasteiger partial charge in [-0.15, -0.1) is 0 Å². The summed E-state index contributed by atoms with van der Waals surface area (Å²) < 4.78 is 48.7. The Labute approximate surface area is 160 Å². The molecule has 0 amide bonds. The highest BCUT2D eigenvalue weighted by atomic mass is 19.4. The van der Waals surface area contributed by atoms with Crippen LogP contribution >= 0.6 is 0 Å². The van der Waals surface area contributed by atoms with Crippen LogP contribution in [-0.2, 0) is 28.7 Å². The Balaban J connectivity index is 1.53. The van der Waals surface area contributed by atoms with E-state index in [1.165, 1.54) is 6.07 Å². The fourth-order valence-corrected chi connectivity index (χ4v) is 3.24. The average molecular weight is 397 g/mol. The third-order valence-electron chi connectivity index (χ3n) is 4.69. The van der Waals surface area contributed by atoms with E-state index in [1.807, 2.05) is 0 Å². The van der Waals surface area contributed by atoms with E-state index < -0.39 is 11.7 Å². The van der Waals surface area contributed by atoms with Crippen molar-refractivity contribution in [3.8, 4) is 0 Å². The number of benzene rings is 1. The lowest BCUT2D eigenvalue weighted by atomic mass is 9.97. The lowest BCUT2D eigenvalue weighted by Gasteiger charge is -2.29. The molecular weight excluding hydrogens is 375 g/mol. The number of aromatic nitrogens is 2. The van der Waals surface area contributed by atoms with Crippen LogP contribution in [0.1, 0.15) is 42.6 Å². The smallest absolute Gasteiger partial charge is 0.416 e. The van der Waals surface area contributed by atoms with E-state index in [1.54, 1.807) is 13.0 Å². The zero-order valence-corrected chi connectivity index (χ0v) is 15.5. The maximum Gasteiger partial charge on any atom is 0.416 e. The van der Waals surface area contributed by atoms with Crippen molar-refractivity contribution in [2.45, 2.75) is 38.9 Å². The van der Waals surface area contributed by atoms with Crippen molar-refractivity contribution in [3.63, 3.8) is 0 Å². The normalized spacial score (nSPS) is 16.3. The monoisotopic (exact) mass is 397 g/mol. The van der Waals surface area contributed by atoms with Gasteiger partial charge in [0.15, 0.2) is 5.82 Å². The summed E-state index contributed by atoms with van der Waals surface area (Å²) in [6.07, 6.45) is -2.79. The molecule has 0 aliphatic carbocycles. The van der Waals surface area contributed by atoms with E-state index in [-0.39, 0.29) is 18.3 Å². The summed E-state index contributed by atoms with van der Waals surface area (Å²) in [5.41, 5.74) is -0.226. The Bertz CT molecular complexity index is 799. The van der Waals surface area contributed by atoms with Crippen LogP contribution in [0.2, 0.25) is 0 Å². The quantitative estimate of drug-likeness (QED) is 0.696. The summed E-state index contributed by atoms with van der Waals surface area (Å²) in [4.78, 5) is 18.2. The van der Waals surface area contributed by atoms with Gasteiger partial charge in [0.2, 0.25) is 5.89 Å². The van der Waals surface area contributed by atoms with Gasteiger partial charge in [-0.2, -0.15) is 18.2 Å². The SMILES string of the molecule is CCOC(=O)C1CCN(Cc2nc(Cc3cccc(C(F)(F)F)c3)no2)CC1. The summed E-state index contributed by atoms with van der Waals surface area (Å²) in [5.74, 6) is 0.533. The van der Waals surface area contributed by atoms with Crippen molar-refractivity contribution < 1.29 is 27.2 Å². The first-order valence-electron chi connectivity index (χ1n) is 9.21. The number of esters is 1. The number of hydrogen-bond acceptors (Lipinski definition) is 6. The molecule has 152 valence electrons. The average Bonchev–Trinajstić information content (AvgIpc) is 3.09. The van der Waals surface area contributed by atoms with Crippen LogP contribution in [0.5, 0.6) is 0 Å². The minimum Gasteiger partial charge on any atom is -0.466 e. The van der Waals surface area contributed by atoms with E-state index in [0.29, 0.717) is 43.3 Å². The highest BCUT2D eigenvalue weighted by molar-refractivity contribution is 5.72. The molecule has 0 unspecified atom stereocenters. The maximum atomic E-state index is 12.8. The zero-order valence-electron chi connectivity index (χ0n) is 15.5. The Kier molecular flexibility index (Phi) is 6.33. The first-order chi connectivity index (χ1) is 13.3. The molecule has 1 aromatic carbocycles. The molecule has 2 heterocycles. The number of piperidine rings is 1. The third kappa shape index (κ3) is 5.31. The van der Waals surface area contributed by atoms with Gasteiger partial charge in [0.25, 0.3) is 0 Å². The van der Waals surface area contributed by atoms with Gasteiger partial charge < -0.3 is 9.26 Å². The Morgan fingerprint density at radius 1 is 1.32 bits per heavy atom. The molecule has 6 nitrogen and oxygen atoms in total. The van der Waals surface area contributed by atoms with E-state index in [0.717, 1.165) is 25.2 Å². The van der Waals surface area contributed by atoms with Gasteiger partial charge in [0, 0.05) is 6.42 Å². The van der Waals surface area contributed by atoms with Crippen LogP contribution in [0.25, 0.3) is 0 Å². The second-order valence-corrected chi connectivity index (χ2v) is 6.78. The standard InChI is InChI=1S/C19H22F3N3O3/c1-2-27-18(26)14-6-8-25(9-7-14)12-17-23-16(24-28-17)11-13-4-3-5-15(10-13)19(20,21)22/h3-5,10,14H,2,6-9,11-12H2,1H3. The molecule has 0 N–H and O–H groups in total. The first kappa shape index (κ1) is 20.3. The van der Waals surface area contributed by atoms with Gasteiger partial charge in [-0.05, 0) is 44.5 Å². The molecule has 2 aromatic rings. The molecule has 1 aliphatic rings. The number of halogens is 3. The highest BCUT2D eigenvalue weighted by Gasteiger charge is 2.30. The number of carbonyl (C=O) groups excluding carboxylic acids is 1. The van der Waals surface area contributed by atoms with Gasteiger partial charge in [0.05, 0.1) is 24.6 Å². The molecule has 1 aliphatic heterocycles. The second-order valence-electron chi connectivity index (χ2n) is 6.78. The molecule has 1 aromatic heterocycles. The number of carbonyl (C=O) groups is 1. The fraction of sp³-hybridized carbons (Fsp3) is 0.526. The van der Waals surface area contributed by atoms with E-state index in [9.17, 15) is 18.0 Å². The largest absolute Gasteiger partial charge is 0.466 e. The molecule has 1 fully saturated rings. The Hall–Kier alpha value is -2.42. The van der Waals surface area contributed by atoms with Crippen LogP contribution in [0.15, 0.2) is 28.8 Å². The summed E-state index contributed by atoms with van der Waals surface area (Å²) in [7, 11) is 0. The molecular formula is C19H22F3N3O3. The van der Waals surface area contributed by atoms with E-state index in [2.05, 4.69) is 15.0 Å². The summed E-state index contributed by atoms with van der Waals surface area (Å²) >= 11 is 0. The van der Waals surface area contributed by atoms with Crippen LogP contribution in [0.3, 0.4) is 0 Å². The molecule has 0 atom stereocenters. The van der Waals surface area contributed by atoms with E-state index >= 15 is 0 Å². The minimum absolute atomic E-state index is 0.0737. The van der Waals surface area contributed by atoms with Crippen molar-refractivity contribution in [2.24, 2.45) is 5.92 Å². The molecule has 0 radical (unpaired) electrons. The molecule has 0 bridgehead atoms. The molecule has 3 rings (SSSR count). The lowest BCUT2D eigenvalue weighted by molar-refractivity contribution is -0.149. The maximum absolute atomic E-state index is 12.8. The highest BCUT2D eigenvalue weighted by Crippen LogP contribution is 2.30. The number of rotatable bonds is 6. The van der Waals surface area contributed by atoms with Crippen LogP contribution in [0.4, 0.5) is 13.2 Å². The first-order valence-corrected chi connectivity index (χ1v) is 9.21. The molecule has 0 spiro atoms. The van der Waals surface area contributed by atoms with Crippen molar-refractivity contribution in [1.82, 2.24) is 15.0 Å². The van der Waals surface area contributed by atoms with Gasteiger partial charge >= 0.3 is 12.1 Å². The van der Waals surface area contributed by atoms with Crippen molar-refractivity contribution in [2.75, 3.05) is 19.7 Å². The summed E-state index contributed by atoms with van der Waals surface area (Å²) in [5, 5.41) is 3.87. The van der Waals surface area contributed by atoms with Crippen molar-refractivity contribution >= 4 is 5.97 Å². The number of ether oxygens (including phenoxy) is 1. The lowest BCUT2D eigenvalue weighted by Crippen LogP contribution is -2.36. The number of likely N-dealkylation sites (tertiary alicyclic amines) is 1. The predicted molar refractivity (Wildman–Crippen MR) is 93.2 cm³/mol. The van der Waals surface area contributed by atoms with Crippen molar-refractivity contribution in [1.29, 1.82) is 0 Å². The van der Waals surface area contributed by atoms with Crippen LogP contribution in [0, 0.1) is 5.92 Å². The second kappa shape index (κ2) is 8.72. The number of alkyl halides is 3. The number of hydrogen-bond donors (Lipinski definition) is 0. The fourth-order valence-electron chi connectivity index (χ4n) is 3.24. The van der Waals surface area contributed by atoms with Gasteiger partial charge in [0.1, 0.15) is 0 Å². The minimum atomic E-state index is -4.38. The van der Waals surface area contributed by atoms with Gasteiger partial charge in [-0.3, -0.25) is 9.69 Å².